The minimum Gasteiger partial charge on any atom is -0.207 e. The van der Waals surface area contributed by atoms with Crippen LogP contribution in [0.4, 0.5) is 0 Å². The van der Waals surface area contributed by atoms with Crippen molar-refractivity contribution in [3.8, 4) is 11.1 Å². The summed E-state index contributed by atoms with van der Waals surface area (Å²) in [5, 5.41) is 0. The van der Waals surface area contributed by atoms with Crippen LogP contribution in [-0.2, 0) is 9.05 Å². The van der Waals surface area contributed by atoms with Crippen LogP contribution in [0.2, 0.25) is 0 Å². The monoisotopic (exact) mass is 280 g/mol. The van der Waals surface area contributed by atoms with Crippen molar-refractivity contribution in [2.75, 3.05) is 0 Å². The first-order valence-electron chi connectivity index (χ1n) is 5.51. The van der Waals surface area contributed by atoms with Crippen molar-refractivity contribution in [2.24, 2.45) is 0 Å². The Labute approximate surface area is 112 Å². The molecule has 0 atom stereocenters. The van der Waals surface area contributed by atoms with Gasteiger partial charge in [0.1, 0.15) is 0 Å². The molecule has 0 spiro atoms. The molecule has 4 heteroatoms. The first-order valence-corrected chi connectivity index (χ1v) is 7.82. The Morgan fingerprint density at radius 1 is 0.944 bits per heavy atom. The van der Waals surface area contributed by atoms with Crippen LogP contribution in [-0.4, -0.2) is 8.42 Å². The first-order chi connectivity index (χ1) is 8.39. The van der Waals surface area contributed by atoms with E-state index in [0.717, 1.165) is 16.7 Å². The molecule has 0 amide bonds. The topological polar surface area (TPSA) is 34.1 Å². The van der Waals surface area contributed by atoms with Gasteiger partial charge in [0.05, 0.1) is 4.90 Å². The molecule has 2 aromatic rings. The fourth-order valence-corrected chi connectivity index (χ4v) is 3.18. The molecule has 94 valence electrons. The van der Waals surface area contributed by atoms with Crippen LogP contribution in [0.5, 0.6) is 0 Å². The van der Waals surface area contributed by atoms with Gasteiger partial charge < -0.3 is 0 Å². The highest BCUT2D eigenvalue weighted by atomic mass is 35.7. The number of halogens is 1. The molecular weight excluding hydrogens is 268 g/mol. The van der Waals surface area contributed by atoms with Crippen LogP contribution in [0, 0.1) is 13.8 Å². The van der Waals surface area contributed by atoms with E-state index in [1.165, 1.54) is 0 Å². The Morgan fingerprint density at radius 2 is 1.61 bits per heavy atom. The first kappa shape index (κ1) is 13.1. The molecule has 0 aromatic heterocycles. The molecule has 2 aromatic carbocycles. The summed E-state index contributed by atoms with van der Waals surface area (Å²) >= 11 is 0. The van der Waals surface area contributed by atoms with Crippen LogP contribution in [0.15, 0.2) is 47.4 Å². The SMILES string of the molecule is Cc1ccccc1-c1ccc(S(=O)(=O)Cl)c(C)c1. The number of aryl methyl sites for hydroxylation is 2. The fourth-order valence-electron chi connectivity index (χ4n) is 1.99. The second-order valence-corrected chi connectivity index (χ2v) is 6.77. The zero-order valence-electron chi connectivity index (χ0n) is 10.1. The minimum absolute atomic E-state index is 0.168. The Bertz CT molecular complexity index is 691. The molecular formula is C14H13ClO2S. The summed E-state index contributed by atoms with van der Waals surface area (Å²) in [4.78, 5) is 0.168. The van der Waals surface area contributed by atoms with Crippen molar-refractivity contribution in [3.05, 3.63) is 53.6 Å². The Hall–Kier alpha value is -1.32. The maximum atomic E-state index is 11.3. The van der Waals surface area contributed by atoms with Crippen LogP contribution in [0.25, 0.3) is 11.1 Å². The molecule has 0 aliphatic rings. The number of benzene rings is 2. The molecule has 0 aliphatic carbocycles. The standard InChI is InChI=1S/C14H13ClO2S/c1-10-5-3-4-6-13(10)12-7-8-14(11(2)9-12)18(15,16)17/h3-9H,1-2H3. The largest absolute Gasteiger partial charge is 0.261 e. The second kappa shape index (κ2) is 4.75. The Balaban J connectivity index is 2.58. The lowest BCUT2D eigenvalue weighted by molar-refractivity contribution is 0.609. The van der Waals surface area contributed by atoms with Crippen molar-refractivity contribution >= 4 is 19.7 Å². The lowest BCUT2D eigenvalue weighted by Gasteiger charge is -2.08. The van der Waals surface area contributed by atoms with Gasteiger partial charge >= 0.3 is 0 Å². The maximum absolute atomic E-state index is 11.3. The van der Waals surface area contributed by atoms with Crippen LogP contribution >= 0.6 is 10.7 Å². The van der Waals surface area contributed by atoms with Gasteiger partial charge in [-0.3, -0.25) is 0 Å². The minimum atomic E-state index is -3.67. The van der Waals surface area contributed by atoms with Crippen LogP contribution in [0.3, 0.4) is 0 Å². The average Bonchev–Trinajstić information content (AvgIpc) is 2.27. The summed E-state index contributed by atoms with van der Waals surface area (Å²) in [5.41, 5.74) is 3.90. The van der Waals surface area contributed by atoms with Gasteiger partial charge in [-0.1, -0.05) is 36.4 Å². The van der Waals surface area contributed by atoms with E-state index in [1.54, 1.807) is 19.1 Å². The van der Waals surface area contributed by atoms with Crippen LogP contribution in [0.1, 0.15) is 11.1 Å². The number of hydrogen-bond acceptors (Lipinski definition) is 2. The Morgan fingerprint density at radius 3 is 2.17 bits per heavy atom. The summed E-state index contributed by atoms with van der Waals surface area (Å²) < 4.78 is 22.7. The van der Waals surface area contributed by atoms with E-state index in [4.69, 9.17) is 10.7 Å². The Kier molecular flexibility index (Phi) is 3.46. The van der Waals surface area contributed by atoms with Gasteiger partial charge in [-0.2, -0.15) is 0 Å². The highest BCUT2D eigenvalue weighted by molar-refractivity contribution is 8.13. The van der Waals surface area contributed by atoms with Gasteiger partial charge in [0.15, 0.2) is 0 Å². The van der Waals surface area contributed by atoms with Crippen molar-refractivity contribution in [3.63, 3.8) is 0 Å². The van der Waals surface area contributed by atoms with E-state index in [9.17, 15) is 8.42 Å². The smallest absolute Gasteiger partial charge is 0.207 e. The van der Waals surface area contributed by atoms with Gasteiger partial charge in [0, 0.05) is 10.7 Å². The third-order valence-electron chi connectivity index (χ3n) is 2.89. The quantitative estimate of drug-likeness (QED) is 0.782. The van der Waals surface area contributed by atoms with Gasteiger partial charge in [-0.15, -0.1) is 0 Å². The zero-order chi connectivity index (χ0) is 13.3. The highest BCUT2D eigenvalue weighted by Gasteiger charge is 2.14. The third-order valence-corrected chi connectivity index (χ3v) is 4.38. The molecule has 2 nitrogen and oxygen atoms in total. The molecule has 0 fully saturated rings. The second-order valence-electron chi connectivity index (χ2n) is 4.23. The van der Waals surface area contributed by atoms with E-state index in [-0.39, 0.29) is 4.90 Å². The summed E-state index contributed by atoms with van der Waals surface area (Å²) in [6, 6.07) is 13.2. The molecule has 18 heavy (non-hydrogen) atoms. The summed E-state index contributed by atoms with van der Waals surface area (Å²) in [6.45, 7) is 3.77. The molecule has 0 N–H and O–H groups in total. The van der Waals surface area contributed by atoms with E-state index in [1.807, 2.05) is 37.3 Å². The lowest BCUT2D eigenvalue weighted by Crippen LogP contribution is -1.95. The van der Waals surface area contributed by atoms with Gasteiger partial charge in [-0.05, 0) is 42.2 Å². The number of rotatable bonds is 2. The van der Waals surface area contributed by atoms with Crippen molar-refractivity contribution in [2.45, 2.75) is 18.7 Å². The van der Waals surface area contributed by atoms with E-state index in [0.29, 0.717) is 5.56 Å². The molecule has 0 aliphatic heterocycles. The normalized spacial score (nSPS) is 11.5. The van der Waals surface area contributed by atoms with Crippen molar-refractivity contribution in [1.82, 2.24) is 0 Å². The summed E-state index contributed by atoms with van der Waals surface area (Å²) in [6.07, 6.45) is 0. The van der Waals surface area contributed by atoms with E-state index >= 15 is 0 Å². The van der Waals surface area contributed by atoms with Crippen molar-refractivity contribution < 1.29 is 8.42 Å². The van der Waals surface area contributed by atoms with Gasteiger partial charge in [0.2, 0.25) is 0 Å². The molecule has 0 unspecified atom stereocenters. The fraction of sp³-hybridized carbons (Fsp3) is 0.143. The number of hydrogen-bond donors (Lipinski definition) is 0. The lowest BCUT2D eigenvalue weighted by atomic mass is 9.99. The highest BCUT2D eigenvalue weighted by Crippen LogP contribution is 2.28. The predicted octanol–water partition coefficient (Wildman–Crippen LogP) is 3.90. The average molecular weight is 281 g/mol. The predicted molar refractivity (Wildman–Crippen MR) is 74.4 cm³/mol. The molecule has 0 radical (unpaired) electrons. The molecule has 0 saturated carbocycles. The summed E-state index contributed by atoms with van der Waals surface area (Å²) in [5.74, 6) is 0. The summed E-state index contributed by atoms with van der Waals surface area (Å²) in [7, 11) is 1.70. The van der Waals surface area contributed by atoms with E-state index in [2.05, 4.69) is 0 Å². The third kappa shape index (κ3) is 2.57. The van der Waals surface area contributed by atoms with E-state index < -0.39 is 9.05 Å². The molecule has 0 bridgehead atoms. The maximum Gasteiger partial charge on any atom is 0.261 e. The molecule has 0 heterocycles. The van der Waals surface area contributed by atoms with Gasteiger partial charge in [-0.25, -0.2) is 8.42 Å². The molecule has 0 saturated heterocycles. The van der Waals surface area contributed by atoms with Crippen molar-refractivity contribution in [1.29, 1.82) is 0 Å². The zero-order valence-corrected chi connectivity index (χ0v) is 11.7. The van der Waals surface area contributed by atoms with Gasteiger partial charge in [0.25, 0.3) is 9.05 Å². The van der Waals surface area contributed by atoms with Crippen LogP contribution < -0.4 is 0 Å². The molecule has 2 rings (SSSR count).